The van der Waals surface area contributed by atoms with Crippen LogP contribution in [0.3, 0.4) is 0 Å². The van der Waals surface area contributed by atoms with Gasteiger partial charge in [0, 0.05) is 24.2 Å². The number of benzene rings is 1. The van der Waals surface area contributed by atoms with Crippen molar-refractivity contribution in [2.24, 2.45) is 0 Å². The van der Waals surface area contributed by atoms with Crippen LogP contribution in [0.1, 0.15) is 31.7 Å². The number of carbonyl (C=O) groups is 1. The SMILES string of the molecule is COc1cc(/C=C/C(=O)N2CCCC[C@@H]2C)c(OC)c2c1OCO2. The Hall–Kier alpha value is -2.37. The van der Waals surface area contributed by atoms with E-state index >= 15 is 0 Å². The third-order valence-corrected chi connectivity index (χ3v) is 4.51. The molecule has 0 spiro atoms. The van der Waals surface area contributed by atoms with E-state index in [0.29, 0.717) is 23.0 Å². The lowest BCUT2D eigenvalue weighted by atomic mass is 10.0. The summed E-state index contributed by atoms with van der Waals surface area (Å²) >= 11 is 0. The number of rotatable bonds is 4. The molecule has 0 N–H and O–H groups in total. The van der Waals surface area contributed by atoms with Crippen LogP contribution < -0.4 is 18.9 Å². The zero-order chi connectivity index (χ0) is 17.1. The Kier molecular flexibility index (Phi) is 4.83. The first-order valence-electron chi connectivity index (χ1n) is 8.19. The molecule has 1 fully saturated rings. The molecule has 2 aliphatic rings. The Bertz CT molecular complexity index is 655. The number of fused-ring (bicyclic) bond motifs is 1. The molecule has 1 amide bonds. The fraction of sp³-hybridized carbons (Fsp3) is 0.500. The van der Waals surface area contributed by atoms with Gasteiger partial charge >= 0.3 is 0 Å². The number of carbonyl (C=O) groups excluding carboxylic acids is 1. The molecule has 1 atom stereocenters. The summed E-state index contributed by atoms with van der Waals surface area (Å²) in [6, 6.07) is 2.07. The van der Waals surface area contributed by atoms with Gasteiger partial charge in [0.25, 0.3) is 0 Å². The average molecular weight is 333 g/mol. The van der Waals surface area contributed by atoms with Crippen LogP contribution in [0.4, 0.5) is 0 Å². The number of ether oxygens (including phenoxy) is 4. The van der Waals surface area contributed by atoms with Crippen LogP contribution in [0.5, 0.6) is 23.0 Å². The Morgan fingerprint density at radius 2 is 2.04 bits per heavy atom. The number of piperidine rings is 1. The molecule has 1 saturated heterocycles. The predicted octanol–water partition coefficient (Wildman–Crippen LogP) is 2.85. The summed E-state index contributed by atoms with van der Waals surface area (Å²) in [6.07, 6.45) is 6.63. The standard InChI is InChI=1S/C18H23NO5/c1-12-6-4-5-9-19(12)15(20)8-7-13-10-14(21-2)17-18(16(13)22-3)24-11-23-17/h7-8,10,12H,4-6,9,11H2,1-3H3/b8-7+/t12-/m0/s1. The lowest BCUT2D eigenvalue weighted by Crippen LogP contribution is -2.41. The Morgan fingerprint density at radius 1 is 1.25 bits per heavy atom. The highest BCUT2D eigenvalue weighted by molar-refractivity contribution is 5.93. The molecular weight excluding hydrogens is 310 g/mol. The van der Waals surface area contributed by atoms with E-state index in [9.17, 15) is 4.79 Å². The van der Waals surface area contributed by atoms with E-state index in [2.05, 4.69) is 6.92 Å². The largest absolute Gasteiger partial charge is 0.493 e. The van der Waals surface area contributed by atoms with Crippen molar-refractivity contribution in [3.63, 3.8) is 0 Å². The zero-order valence-corrected chi connectivity index (χ0v) is 14.3. The third-order valence-electron chi connectivity index (χ3n) is 4.51. The van der Waals surface area contributed by atoms with E-state index in [1.807, 2.05) is 4.90 Å². The summed E-state index contributed by atoms with van der Waals surface area (Å²) in [6.45, 7) is 3.03. The number of nitrogens with zero attached hydrogens (tertiary/aromatic N) is 1. The van der Waals surface area contributed by atoms with E-state index in [1.54, 1.807) is 32.4 Å². The summed E-state index contributed by atoms with van der Waals surface area (Å²) in [7, 11) is 3.13. The normalized spacial score (nSPS) is 19.6. The van der Waals surface area contributed by atoms with Gasteiger partial charge in [0.05, 0.1) is 14.2 Å². The van der Waals surface area contributed by atoms with Crippen molar-refractivity contribution in [2.75, 3.05) is 27.6 Å². The number of amides is 1. The van der Waals surface area contributed by atoms with E-state index in [-0.39, 0.29) is 18.7 Å². The van der Waals surface area contributed by atoms with Gasteiger partial charge in [-0.25, -0.2) is 0 Å². The van der Waals surface area contributed by atoms with E-state index in [0.717, 1.165) is 24.9 Å². The molecule has 2 heterocycles. The highest BCUT2D eigenvalue weighted by atomic mass is 16.7. The van der Waals surface area contributed by atoms with Gasteiger partial charge in [-0.15, -0.1) is 0 Å². The second kappa shape index (κ2) is 7.03. The molecule has 3 rings (SSSR count). The third kappa shape index (κ3) is 3.00. The van der Waals surface area contributed by atoms with Gasteiger partial charge in [0.1, 0.15) is 0 Å². The number of likely N-dealkylation sites (tertiary alicyclic amines) is 1. The van der Waals surface area contributed by atoms with Crippen molar-refractivity contribution in [2.45, 2.75) is 32.2 Å². The van der Waals surface area contributed by atoms with Crippen molar-refractivity contribution in [1.29, 1.82) is 0 Å². The van der Waals surface area contributed by atoms with E-state index in [4.69, 9.17) is 18.9 Å². The van der Waals surface area contributed by atoms with Crippen molar-refractivity contribution >= 4 is 12.0 Å². The van der Waals surface area contributed by atoms with E-state index in [1.165, 1.54) is 6.42 Å². The van der Waals surface area contributed by atoms with Crippen molar-refractivity contribution in [1.82, 2.24) is 4.90 Å². The van der Waals surface area contributed by atoms with Gasteiger partial charge in [0.15, 0.2) is 11.5 Å². The Balaban J connectivity index is 1.87. The Labute approximate surface area is 141 Å². The van der Waals surface area contributed by atoms with Crippen LogP contribution in [-0.4, -0.2) is 44.4 Å². The molecule has 6 nitrogen and oxygen atoms in total. The molecular formula is C18H23NO5. The summed E-state index contributed by atoms with van der Waals surface area (Å²) in [5.41, 5.74) is 0.719. The van der Waals surface area contributed by atoms with Crippen LogP contribution >= 0.6 is 0 Å². The van der Waals surface area contributed by atoms with Crippen molar-refractivity contribution < 1.29 is 23.7 Å². The number of hydrogen-bond donors (Lipinski definition) is 0. The monoisotopic (exact) mass is 333 g/mol. The van der Waals surface area contributed by atoms with Crippen LogP contribution in [0.15, 0.2) is 12.1 Å². The van der Waals surface area contributed by atoms with Gasteiger partial charge in [-0.05, 0) is 38.3 Å². The first-order chi connectivity index (χ1) is 11.7. The topological polar surface area (TPSA) is 57.2 Å². The first kappa shape index (κ1) is 16.5. The summed E-state index contributed by atoms with van der Waals surface area (Å²) in [4.78, 5) is 14.4. The molecule has 1 aromatic rings. The average Bonchev–Trinajstić information content (AvgIpc) is 3.08. The van der Waals surface area contributed by atoms with Crippen LogP contribution in [-0.2, 0) is 4.79 Å². The second-order valence-electron chi connectivity index (χ2n) is 5.98. The molecule has 1 aromatic carbocycles. The van der Waals surface area contributed by atoms with Gasteiger partial charge < -0.3 is 23.8 Å². The summed E-state index contributed by atoms with van der Waals surface area (Å²) in [5, 5.41) is 0. The molecule has 24 heavy (non-hydrogen) atoms. The van der Waals surface area contributed by atoms with Crippen molar-refractivity contribution in [3.05, 3.63) is 17.7 Å². The van der Waals surface area contributed by atoms with Gasteiger partial charge in [-0.1, -0.05) is 0 Å². The molecule has 0 aliphatic carbocycles. The minimum absolute atomic E-state index is 0.0147. The smallest absolute Gasteiger partial charge is 0.246 e. The minimum atomic E-state index is 0.0147. The van der Waals surface area contributed by atoms with Crippen molar-refractivity contribution in [3.8, 4) is 23.0 Å². The molecule has 0 aromatic heterocycles. The van der Waals surface area contributed by atoms with Crippen LogP contribution in [0.2, 0.25) is 0 Å². The van der Waals surface area contributed by atoms with Crippen LogP contribution in [0, 0.1) is 0 Å². The van der Waals surface area contributed by atoms with Gasteiger partial charge in [-0.3, -0.25) is 4.79 Å². The highest BCUT2D eigenvalue weighted by Crippen LogP contribution is 2.49. The van der Waals surface area contributed by atoms with Gasteiger partial charge in [-0.2, -0.15) is 0 Å². The molecule has 0 radical (unpaired) electrons. The van der Waals surface area contributed by atoms with E-state index < -0.39 is 0 Å². The maximum Gasteiger partial charge on any atom is 0.246 e. The molecule has 0 bridgehead atoms. The summed E-state index contributed by atoms with van der Waals surface area (Å²) < 4.78 is 21.7. The molecule has 2 aliphatic heterocycles. The lowest BCUT2D eigenvalue weighted by molar-refractivity contribution is -0.129. The lowest BCUT2D eigenvalue weighted by Gasteiger charge is -2.32. The van der Waals surface area contributed by atoms with Crippen LogP contribution in [0.25, 0.3) is 6.08 Å². The quantitative estimate of drug-likeness (QED) is 0.793. The number of methoxy groups -OCH3 is 2. The number of hydrogen-bond acceptors (Lipinski definition) is 5. The minimum Gasteiger partial charge on any atom is -0.493 e. The molecule has 6 heteroatoms. The summed E-state index contributed by atoms with van der Waals surface area (Å²) in [5.74, 6) is 2.15. The predicted molar refractivity (Wildman–Crippen MR) is 89.7 cm³/mol. The van der Waals surface area contributed by atoms with Gasteiger partial charge in [0.2, 0.25) is 24.2 Å². The molecule has 0 unspecified atom stereocenters. The fourth-order valence-electron chi connectivity index (χ4n) is 3.20. The molecule has 130 valence electrons. The first-order valence-corrected chi connectivity index (χ1v) is 8.19. The fourth-order valence-corrected chi connectivity index (χ4v) is 3.20. The zero-order valence-electron chi connectivity index (χ0n) is 14.3. The second-order valence-corrected chi connectivity index (χ2v) is 5.98. The maximum absolute atomic E-state index is 12.5. The maximum atomic E-state index is 12.5. The molecule has 0 saturated carbocycles. The Morgan fingerprint density at radius 3 is 2.75 bits per heavy atom. The highest BCUT2D eigenvalue weighted by Gasteiger charge is 2.27.